The van der Waals surface area contributed by atoms with Gasteiger partial charge in [-0.1, -0.05) is 0 Å². The standard InChI is InChI=1S/C12H18N2O3/c1-16-7-3-4-12(15)14-11-6-5-9(17-2)8-10(11)13/h5-6,8H,3-4,7,13H2,1-2H3,(H,14,15). The summed E-state index contributed by atoms with van der Waals surface area (Å²) in [7, 11) is 3.18. The minimum atomic E-state index is -0.0704. The lowest BCUT2D eigenvalue weighted by Crippen LogP contribution is -2.13. The van der Waals surface area contributed by atoms with Crippen molar-refractivity contribution < 1.29 is 14.3 Å². The van der Waals surface area contributed by atoms with Crippen molar-refractivity contribution in [2.75, 3.05) is 31.9 Å². The van der Waals surface area contributed by atoms with Crippen molar-refractivity contribution in [2.45, 2.75) is 12.8 Å². The Bertz CT molecular complexity index is 380. The monoisotopic (exact) mass is 238 g/mol. The van der Waals surface area contributed by atoms with E-state index in [1.54, 1.807) is 32.4 Å². The molecular weight excluding hydrogens is 220 g/mol. The molecule has 3 N–H and O–H groups in total. The number of carbonyl (C=O) groups excluding carboxylic acids is 1. The van der Waals surface area contributed by atoms with Crippen LogP contribution in [0.1, 0.15) is 12.8 Å². The van der Waals surface area contributed by atoms with Crippen LogP contribution in [-0.4, -0.2) is 26.7 Å². The van der Waals surface area contributed by atoms with E-state index in [2.05, 4.69) is 5.32 Å². The second kappa shape index (κ2) is 6.75. The molecule has 1 aromatic rings. The third-order valence-electron chi connectivity index (χ3n) is 2.29. The van der Waals surface area contributed by atoms with E-state index in [0.29, 0.717) is 36.6 Å². The number of anilines is 2. The van der Waals surface area contributed by atoms with Crippen molar-refractivity contribution in [3.63, 3.8) is 0 Å². The highest BCUT2D eigenvalue weighted by atomic mass is 16.5. The van der Waals surface area contributed by atoms with Crippen LogP contribution < -0.4 is 15.8 Å². The fraction of sp³-hybridized carbons (Fsp3) is 0.417. The van der Waals surface area contributed by atoms with Gasteiger partial charge in [-0.25, -0.2) is 0 Å². The molecule has 0 radical (unpaired) electrons. The molecule has 0 unspecified atom stereocenters. The first kappa shape index (κ1) is 13.3. The van der Waals surface area contributed by atoms with E-state index in [0.717, 1.165) is 0 Å². The number of benzene rings is 1. The van der Waals surface area contributed by atoms with Crippen LogP contribution in [0.2, 0.25) is 0 Å². The van der Waals surface area contributed by atoms with Gasteiger partial charge in [0.2, 0.25) is 5.91 Å². The molecule has 1 rings (SSSR count). The lowest BCUT2D eigenvalue weighted by Gasteiger charge is -2.09. The van der Waals surface area contributed by atoms with Crippen molar-refractivity contribution >= 4 is 17.3 Å². The zero-order valence-electron chi connectivity index (χ0n) is 10.2. The third kappa shape index (κ3) is 4.32. The molecule has 0 saturated heterocycles. The molecule has 94 valence electrons. The van der Waals surface area contributed by atoms with Crippen molar-refractivity contribution in [3.05, 3.63) is 18.2 Å². The Kier molecular flexibility index (Phi) is 5.29. The lowest BCUT2D eigenvalue weighted by atomic mass is 10.2. The number of methoxy groups -OCH3 is 2. The highest BCUT2D eigenvalue weighted by molar-refractivity contribution is 5.93. The quantitative estimate of drug-likeness (QED) is 0.583. The predicted octanol–water partition coefficient (Wildman–Crippen LogP) is 1.64. The average molecular weight is 238 g/mol. The van der Waals surface area contributed by atoms with Crippen molar-refractivity contribution in [3.8, 4) is 5.75 Å². The van der Waals surface area contributed by atoms with Crippen LogP contribution in [0.25, 0.3) is 0 Å². The molecule has 1 aromatic carbocycles. The molecule has 0 atom stereocenters. The zero-order valence-corrected chi connectivity index (χ0v) is 10.2. The highest BCUT2D eigenvalue weighted by Gasteiger charge is 2.05. The van der Waals surface area contributed by atoms with E-state index in [1.165, 1.54) is 0 Å². The Morgan fingerprint density at radius 3 is 2.76 bits per heavy atom. The van der Waals surface area contributed by atoms with Gasteiger partial charge in [0.15, 0.2) is 0 Å². The van der Waals surface area contributed by atoms with Gasteiger partial charge in [0.1, 0.15) is 5.75 Å². The van der Waals surface area contributed by atoms with Gasteiger partial charge in [-0.15, -0.1) is 0 Å². The first-order chi connectivity index (χ1) is 8.17. The summed E-state index contributed by atoms with van der Waals surface area (Å²) in [5.74, 6) is 0.596. The molecule has 0 aliphatic heterocycles. The molecule has 0 bridgehead atoms. The number of hydrogen-bond donors (Lipinski definition) is 2. The fourth-order valence-electron chi connectivity index (χ4n) is 1.37. The maximum absolute atomic E-state index is 11.5. The molecule has 0 aliphatic rings. The number of hydrogen-bond acceptors (Lipinski definition) is 4. The third-order valence-corrected chi connectivity index (χ3v) is 2.29. The molecule has 0 aromatic heterocycles. The van der Waals surface area contributed by atoms with Gasteiger partial charge in [0.25, 0.3) is 0 Å². The van der Waals surface area contributed by atoms with Gasteiger partial charge < -0.3 is 20.5 Å². The summed E-state index contributed by atoms with van der Waals surface area (Å²) in [5.41, 5.74) is 6.88. The smallest absolute Gasteiger partial charge is 0.224 e. The van der Waals surface area contributed by atoms with Gasteiger partial charge in [-0.3, -0.25) is 4.79 Å². The van der Waals surface area contributed by atoms with E-state index < -0.39 is 0 Å². The molecule has 0 fully saturated rings. The summed E-state index contributed by atoms with van der Waals surface area (Å²) in [6.45, 7) is 0.575. The summed E-state index contributed by atoms with van der Waals surface area (Å²) in [6, 6.07) is 5.15. The Balaban J connectivity index is 2.53. The largest absolute Gasteiger partial charge is 0.497 e. The Morgan fingerprint density at radius 2 is 2.18 bits per heavy atom. The molecular formula is C12H18N2O3. The molecule has 0 saturated carbocycles. The Morgan fingerprint density at radius 1 is 1.41 bits per heavy atom. The maximum atomic E-state index is 11.5. The summed E-state index contributed by atoms with van der Waals surface area (Å²) in [4.78, 5) is 11.5. The molecule has 5 heteroatoms. The van der Waals surface area contributed by atoms with Crippen LogP contribution in [0.15, 0.2) is 18.2 Å². The number of ether oxygens (including phenoxy) is 2. The van der Waals surface area contributed by atoms with E-state index >= 15 is 0 Å². The first-order valence-electron chi connectivity index (χ1n) is 5.39. The van der Waals surface area contributed by atoms with Crippen LogP contribution in [0.5, 0.6) is 5.75 Å². The molecule has 0 aliphatic carbocycles. The number of nitrogens with two attached hydrogens (primary N) is 1. The van der Waals surface area contributed by atoms with E-state index in [4.69, 9.17) is 15.2 Å². The van der Waals surface area contributed by atoms with Crippen LogP contribution in [0.4, 0.5) is 11.4 Å². The number of nitrogen functional groups attached to an aromatic ring is 1. The number of rotatable bonds is 6. The molecule has 0 heterocycles. The SMILES string of the molecule is COCCCC(=O)Nc1ccc(OC)cc1N. The predicted molar refractivity (Wildman–Crippen MR) is 67.1 cm³/mol. The van der Waals surface area contributed by atoms with E-state index in [-0.39, 0.29) is 5.91 Å². The number of carbonyl (C=O) groups is 1. The minimum absolute atomic E-state index is 0.0704. The van der Waals surface area contributed by atoms with Gasteiger partial charge in [-0.2, -0.15) is 0 Å². The zero-order chi connectivity index (χ0) is 12.7. The topological polar surface area (TPSA) is 73.6 Å². The van der Waals surface area contributed by atoms with Gasteiger partial charge >= 0.3 is 0 Å². The normalized spacial score (nSPS) is 10.0. The molecule has 5 nitrogen and oxygen atoms in total. The Hall–Kier alpha value is -1.75. The molecule has 1 amide bonds. The summed E-state index contributed by atoms with van der Waals surface area (Å²) in [6.07, 6.45) is 1.11. The van der Waals surface area contributed by atoms with Crippen molar-refractivity contribution in [1.82, 2.24) is 0 Å². The van der Waals surface area contributed by atoms with E-state index in [9.17, 15) is 4.79 Å². The average Bonchev–Trinajstić information content (AvgIpc) is 2.32. The summed E-state index contributed by atoms with van der Waals surface area (Å²) >= 11 is 0. The van der Waals surface area contributed by atoms with Gasteiger partial charge in [-0.05, 0) is 18.6 Å². The fourth-order valence-corrected chi connectivity index (χ4v) is 1.37. The van der Waals surface area contributed by atoms with Crippen molar-refractivity contribution in [1.29, 1.82) is 0 Å². The summed E-state index contributed by atoms with van der Waals surface area (Å²) in [5, 5.41) is 2.75. The van der Waals surface area contributed by atoms with Crippen LogP contribution in [0.3, 0.4) is 0 Å². The highest BCUT2D eigenvalue weighted by Crippen LogP contribution is 2.24. The van der Waals surface area contributed by atoms with Crippen LogP contribution >= 0.6 is 0 Å². The first-order valence-corrected chi connectivity index (χ1v) is 5.39. The van der Waals surface area contributed by atoms with Crippen LogP contribution in [0, 0.1) is 0 Å². The van der Waals surface area contributed by atoms with E-state index in [1.807, 2.05) is 0 Å². The number of amides is 1. The van der Waals surface area contributed by atoms with Gasteiger partial charge in [0.05, 0.1) is 18.5 Å². The Labute approximate surface area is 101 Å². The summed E-state index contributed by atoms with van der Waals surface area (Å²) < 4.78 is 9.90. The lowest BCUT2D eigenvalue weighted by molar-refractivity contribution is -0.116. The molecule has 17 heavy (non-hydrogen) atoms. The second-order valence-corrected chi connectivity index (χ2v) is 3.60. The van der Waals surface area contributed by atoms with Gasteiger partial charge in [0, 0.05) is 26.2 Å². The van der Waals surface area contributed by atoms with Crippen molar-refractivity contribution in [2.24, 2.45) is 0 Å². The second-order valence-electron chi connectivity index (χ2n) is 3.60. The van der Waals surface area contributed by atoms with Crippen LogP contribution in [-0.2, 0) is 9.53 Å². The minimum Gasteiger partial charge on any atom is -0.497 e. The number of nitrogens with one attached hydrogen (secondary N) is 1. The molecule has 0 spiro atoms. The maximum Gasteiger partial charge on any atom is 0.224 e.